The van der Waals surface area contributed by atoms with Crippen molar-refractivity contribution in [2.75, 3.05) is 0 Å². The molecule has 0 saturated heterocycles. The van der Waals surface area contributed by atoms with Crippen LogP contribution in [0.2, 0.25) is 0 Å². The van der Waals surface area contributed by atoms with Gasteiger partial charge in [0.1, 0.15) is 5.75 Å². The molecule has 2 heteroatoms. The molecule has 0 saturated carbocycles. The number of nitrogens with zero attached hydrogens (tertiary/aromatic N) is 1. The summed E-state index contributed by atoms with van der Waals surface area (Å²) in [4.78, 5) is 0. The van der Waals surface area contributed by atoms with E-state index < -0.39 is 5.60 Å². The smallest absolute Gasteiger partial charge is 0.184 e. The number of nitriles is 1. The van der Waals surface area contributed by atoms with Crippen molar-refractivity contribution in [1.29, 1.82) is 5.26 Å². The average Bonchev–Trinajstić information content (AvgIpc) is 2.80. The average molecular weight is 361 g/mol. The molecule has 134 valence electrons. The van der Waals surface area contributed by atoms with E-state index in [4.69, 9.17) is 10.00 Å². The molecule has 0 atom stereocenters. The lowest BCUT2D eigenvalue weighted by Crippen LogP contribution is -2.36. The SMILES string of the molecule is N#Cc1ccc(OC(c2ccccc2)(c2ccccc2)c2ccccc2)cc1. The first-order valence-corrected chi connectivity index (χ1v) is 9.19. The Morgan fingerprint density at radius 1 is 0.536 bits per heavy atom. The molecule has 0 aliphatic heterocycles. The molecule has 0 bridgehead atoms. The molecule has 0 radical (unpaired) electrons. The van der Waals surface area contributed by atoms with Crippen molar-refractivity contribution in [3.63, 3.8) is 0 Å². The first kappa shape index (κ1) is 17.6. The first-order valence-electron chi connectivity index (χ1n) is 9.19. The van der Waals surface area contributed by atoms with Crippen molar-refractivity contribution in [3.05, 3.63) is 138 Å². The highest BCUT2D eigenvalue weighted by atomic mass is 16.5. The normalized spacial score (nSPS) is 10.8. The number of hydrogen-bond donors (Lipinski definition) is 0. The quantitative estimate of drug-likeness (QED) is 0.413. The lowest BCUT2D eigenvalue weighted by atomic mass is 9.80. The molecule has 0 amide bonds. The minimum absolute atomic E-state index is 0.608. The molecule has 4 aromatic carbocycles. The second-order valence-corrected chi connectivity index (χ2v) is 6.52. The second kappa shape index (κ2) is 7.82. The topological polar surface area (TPSA) is 33.0 Å². The molecular weight excluding hydrogens is 342 g/mol. The molecular formula is C26H19NO. The van der Waals surface area contributed by atoms with Crippen molar-refractivity contribution in [3.8, 4) is 11.8 Å². The summed E-state index contributed by atoms with van der Waals surface area (Å²) in [7, 11) is 0. The Labute approximate surface area is 165 Å². The van der Waals surface area contributed by atoms with E-state index in [2.05, 4.69) is 42.5 Å². The lowest BCUT2D eigenvalue weighted by Gasteiger charge is -2.36. The third-order valence-electron chi connectivity index (χ3n) is 4.80. The van der Waals surface area contributed by atoms with Gasteiger partial charge in [-0.25, -0.2) is 0 Å². The zero-order valence-electron chi connectivity index (χ0n) is 15.3. The van der Waals surface area contributed by atoms with Gasteiger partial charge >= 0.3 is 0 Å². The van der Waals surface area contributed by atoms with Crippen LogP contribution in [0.3, 0.4) is 0 Å². The fraction of sp³-hybridized carbons (Fsp3) is 0.0385. The maximum absolute atomic E-state index is 9.10. The zero-order valence-corrected chi connectivity index (χ0v) is 15.3. The summed E-state index contributed by atoms with van der Waals surface area (Å²) in [6.45, 7) is 0. The van der Waals surface area contributed by atoms with Crippen molar-refractivity contribution in [1.82, 2.24) is 0 Å². The van der Waals surface area contributed by atoms with E-state index in [0.29, 0.717) is 11.3 Å². The number of rotatable bonds is 5. The highest BCUT2D eigenvalue weighted by molar-refractivity contribution is 5.49. The lowest BCUT2D eigenvalue weighted by molar-refractivity contribution is 0.155. The van der Waals surface area contributed by atoms with Crippen LogP contribution in [0, 0.1) is 11.3 Å². The highest BCUT2D eigenvalue weighted by Crippen LogP contribution is 2.41. The van der Waals surface area contributed by atoms with Gasteiger partial charge in [-0.05, 0) is 24.3 Å². The summed E-state index contributed by atoms with van der Waals surface area (Å²) < 4.78 is 6.75. The van der Waals surface area contributed by atoms with E-state index in [1.54, 1.807) is 12.1 Å². The van der Waals surface area contributed by atoms with Crippen LogP contribution >= 0.6 is 0 Å². The Morgan fingerprint density at radius 3 is 1.29 bits per heavy atom. The van der Waals surface area contributed by atoms with Crippen LogP contribution in [-0.4, -0.2) is 0 Å². The van der Waals surface area contributed by atoms with Gasteiger partial charge in [-0.15, -0.1) is 0 Å². The minimum Gasteiger partial charge on any atom is -0.473 e. The molecule has 0 aromatic heterocycles. The van der Waals surface area contributed by atoms with Crippen LogP contribution in [0.15, 0.2) is 115 Å². The Hall–Kier alpha value is -3.83. The van der Waals surface area contributed by atoms with Gasteiger partial charge in [-0.3, -0.25) is 0 Å². The van der Waals surface area contributed by atoms with Gasteiger partial charge in [-0.2, -0.15) is 5.26 Å². The van der Waals surface area contributed by atoms with Crippen LogP contribution in [0.5, 0.6) is 5.75 Å². The summed E-state index contributed by atoms with van der Waals surface area (Å²) in [6.07, 6.45) is 0. The third kappa shape index (κ3) is 3.26. The fourth-order valence-corrected chi connectivity index (χ4v) is 3.47. The molecule has 0 spiro atoms. The predicted octanol–water partition coefficient (Wildman–Crippen LogP) is 5.93. The van der Waals surface area contributed by atoms with Crippen LogP contribution in [0.25, 0.3) is 0 Å². The summed E-state index contributed by atoms with van der Waals surface area (Å²) in [5, 5.41) is 9.10. The van der Waals surface area contributed by atoms with Gasteiger partial charge in [0.2, 0.25) is 0 Å². The molecule has 0 heterocycles. The first-order chi connectivity index (χ1) is 13.8. The Kier molecular flexibility index (Phi) is 4.91. The van der Waals surface area contributed by atoms with Crippen molar-refractivity contribution >= 4 is 0 Å². The molecule has 2 nitrogen and oxygen atoms in total. The monoisotopic (exact) mass is 361 g/mol. The maximum Gasteiger partial charge on any atom is 0.184 e. The molecule has 0 unspecified atom stereocenters. The van der Waals surface area contributed by atoms with Crippen LogP contribution < -0.4 is 4.74 Å². The van der Waals surface area contributed by atoms with Crippen molar-refractivity contribution < 1.29 is 4.74 Å². The summed E-state index contributed by atoms with van der Waals surface area (Å²) in [6, 6.07) is 40.1. The molecule has 28 heavy (non-hydrogen) atoms. The Morgan fingerprint density at radius 2 is 0.929 bits per heavy atom. The number of ether oxygens (including phenoxy) is 1. The van der Waals surface area contributed by atoms with Gasteiger partial charge in [0.15, 0.2) is 5.60 Å². The van der Waals surface area contributed by atoms with E-state index in [1.807, 2.05) is 66.7 Å². The third-order valence-corrected chi connectivity index (χ3v) is 4.80. The van der Waals surface area contributed by atoms with E-state index >= 15 is 0 Å². The zero-order chi connectivity index (χ0) is 19.2. The van der Waals surface area contributed by atoms with E-state index in [0.717, 1.165) is 16.7 Å². The Balaban J connectivity index is 1.96. The highest BCUT2D eigenvalue weighted by Gasteiger charge is 2.38. The van der Waals surface area contributed by atoms with Gasteiger partial charge < -0.3 is 4.74 Å². The summed E-state index contributed by atoms with van der Waals surface area (Å²) in [5.41, 5.74) is 2.92. The number of benzene rings is 4. The van der Waals surface area contributed by atoms with Gasteiger partial charge in [0.05, 0.1) is 11.6 Å². The minimum atomic E-state index is -0.808. The van der Waals surface area contributed by atoms with Crippen LogP contribution in [0.4, 0.5) is 0 Å². The molecule has 0 fully saturated rings. The van der Waals surface area contributed by atoms with Crippen LogP contribution in [-0.2, 0) is 5.60 Å². The molecule has 4 rings (SSSR count). The van der Waals surface area contributed by atoms with E-state index in [9.17, 15) is 0 Å². The fourth-order valence-electron chi connectivity index (χ4n) is 3.47. The van der Waals surface area contributed by atoms with Gasteiger partial charge in [0.25, 0.3) is 0 Å². The molecule has 4 aromatic rings. The predicted molar refractivity (Wildman–Crippen MR) is 111 cm³/mol. The van der Waals surface area contributed by atoms with Crippen molar-refractivity contribution in [2.24, 2.45) is 0 Å². The second-order valence-electron chi connectivity index (χ2n) is 6.52. The standard InChI is InChI=1S/C26H19NO/c27-20-21-16-18-25(19-17-21)28-26(22-10-4-1-5-11-22,23-12-6-2-7-13-23)24-14-8-3-9-15-24/h1-19H. The molecule has 0 aliphatic rings. The maximum atomic E-state index is 9.10. The van der Waals surface area contributed by atoms with Gasteiger partial charge in [-0.1, -0.05) is 91.0 Å². The van der Waals surface area contributed by atoms with Crippen molar-refractivity contribution in [2.45, 2.75) is 5.60 Å². The van der Waals surface area contributed by atoms with E-state index in [1.165, 1.54) is 0 Å². The molecule has 0 N–H and O–H groups in total. The van der Waals surface area contributed by atoms with Crippen LogP contribution in [0.1, 0.15) is 22.3 Å². The Bertz CT molecular complexity index is 969. The molecule has 0 aliphatic carbocycles. The van der Waals surface area contributed by atoms with E-state index in [-0.39, 0.29) is 0 Å². The number of hydrogen-bond acceptors (Lipinski definition) is 2. The van der Waals surface area contributed by atoms with Gasteiger partial charge in [0, 0.05) is 16.7 Å². The summed E-state index contributed by atoms with van der Waals surface area (Å²) in [5.74, 6) is 0.704. The summed E-state index contributed by atoms with van der Waals surface area (Å²) >= 11 is 0. The largest absolute Gasteiger partial charge is 0.473 e.